The molecule has 3 nitrogen and oxygen atoms in total. The molecule has 0 aromatic heterocycles. The molecule has 18 heavy (non-hydrogen) atoms. The molecular weight excluding hydrogens is 245 g/mol. The Balaban J connectivity index is 2.33. The van der Waals surface area contributed by atoms with Crippen LogP contribution in [0.15, 0.2) is 0 Å². The van der Waals surface area contributed by atoms with Crippen molar-refractivity contribution in [2.75, 3.05) is 13.2 Å². The van der Waals surface area contributed by atoms with Crippen LogP contribution in [0.2, 0.25) is 0 Å². The Kier molecular flexibility index (Phi) is 5.44. The van der Waals surface area contributed by atoms with Crippen LogP contribution >= 0.6 is 0 Å². The standard InChI is InChI=1S/C12H21F3N2O/c1-8-3-2-4-9(5-8)6-18-7-10(11(16)17)12(13,14)15/h8-10H,2-7H2,1H3,(H3,16,17). The maximum atomic E-state index is 12.5. The second kappa shape index (κ2) is 6.41. The molecule has 0 saturated heterocycles. The lowest BCUT2D eigenvalue weighted by Gasteiger charge is -2.27. The van der Waals surface area contributed by atoms with Crippen molar-refractivity contribution in [3.63, 3.8) is 0 Å². The number of halogens is 3. The molecular formula is C12H21F3N2O. The van der Waals surface area contributed by atoms with Crippen molar-refractivity contribution in [3.05, 3.63) is 0 Å². The molecule has 106 valence electrons. The van der Waals surface area contributed by atoms with Crippen molar-refractivity contribution >= 4 is 5.84 Å². The van der Waals surface area contributed by atoms with E-state index in [9.17, 15) is 13.2 Å². The molecule has 0 aliphatic heterocycles. The predicted molar refractivity (Wildman–Crippen MR) is 63.4 cm³/mol. The van der Waals surface area contributed by atoms with Gasteiger partial charge in [0, 0.05) is 6.61 Å². The first kappa shape index (κ1) is 15.3. The van der Waals surface area contributed by atoms with Crippen LogP contribution in [0.5, 0.6) is 0 Å². The maximum absolute atomic E-state index is 12.5. The highest BCUT2D eigenvalue weighted by Gasteiger charge is 2.42. The summed E-state index contributed by atoms with van der Waals surface area (Å²) >= 11 is 0. The van der Waals surface area contributed by atoms with Gasteiger partial charge in [0.05, 0.1) is 6.61 Å². The van der Waals surface area contributed by atoms with Gasteiger partial charge in [-0.2, -0.15) is 13.2 Å². The number of nitrogens with two attached hydrogens (primary N) is 1. The smallest absolute Gasteiger partial charge is 0.387 e. The zero-order chi connectivity index (χ0) is 13.8. The molecule has 0 aromatic carbocycles. The highest BCUT2D eigenvalue weighted by Crippen LogP contribution is 2.30. The minimum Gasteiger partial charge on any atom is -0.387 e. The third kappa shape index (κ3) is 4.84. The van der Waals surface area contributed by atoms with Gasteiger partial charge < -0.3 is 10.5 Å². The lowest BCUT2D eigenvalue weighted by atomic mass is 9.83. The normalized spacial score (nSPS) is 26.9. The van der Waals surface area contributed by atoms with E-state index in [0.717, 1.165) is 19.3 Å². The summed E-state index contributed by atoms with van der Waals surface area (Å²) in [7, 11) is 0. The van der Waals surface area contributed by atoms with Crippen molar-refractivity contribution in [1.29, 1.82) is 5.41 Å². The Hall–Kier alpha value is -0.780. The van der Waals surface area contributed by atoms with E-state index in [0.29, 0.717) is 18.4 Å². The molecule has 6 heteroatoms. The molecule has 0 radical (unpaired) electrons. The third-order valence-electron chi connectivity index (χ3n) is 3.45. The molecule has 1 fully saturated rings. The second-order valence-corrected chi connectivity index (χ2v) is 5.22. The van der Waals surface area contributed by atoms with Gasteiger partial charge in [-0.1, -0.05) is 19.8 Å². The number of nitrogens with one attached hydrogen (secondary N) is 1. The van der Waals surface area contributed by atoms with E-state index in [1.165, 1.54) is 6.42 Å². The van der Waals surface area contributed by atoms with Gasteiger partial charge in [-0.05, 0) is 24.7 Å². The van der Waals surface area contributed by atoms with E-state index >= 15 is 0 Å². The Bertz CT molecular complexity index is 281. The van der Waals surface area contributed by atoms with Crippen LogP contribution in [0.25, 0.3) is 0 Å². The molecule has 0 aromatic rings. The molecule has 1 saturated carbocycles. The molecule has 0 spiro atoms. The first-order valence-electron chi connectivity index (χ1n) is 6.29. The number of ether oxygens (including phenoxy) is 1. The monoisotopic (exact) mass is 266 g/mol. The van der Waals surface area contributed by atoms with Gasteiger partial charge in [-0.3, -0.25) is 5.41 Å². The van der Waals surface area contributed by atoms with E-state index < -0.39 is 24.5 Å². The summed E-state index contributed by atoms with van der Waals surface area (Å²) in [5, 5.41) is 6.94. The summed E-state index contributed by atoms with van der Waals surface area (Å²) in [6.45, 7) is 1.95. The number of alkyl halides is 3. The molecule has 1 aliphatic rings. The van der Waals surface area contributed by atoms with Gasteiger partial charge in [0.15, 0.2) is 0 Å². The van der Waals surface area contributed by atoms with Gasteiger partial charge in [0.2, 0.25) is 0 Å². The molecule has 1 rings (SSSR count). The average Bonchev–Trinajstić information content (AvgIpc) is 2.22. The van der Waals surface area contributed by atoms with E-state index in [2.05, 4.69) is 6.92 Å². The molecule has 3 unspecified atom stereocenters. The van der Waals surface area contributed by atoms with Crippen molar-refractivity contribution in [2.45, 2.75) is 38.8 Å². The van der Waals surface area contributed by atoms with Gasteiger partial charge in [0.25, 0.3) is 0 Å². The summed E-state index contributed by atoms with van der Waals surface area (Å²) in [6.07, 6.45) is -0.163. The Morgan fingerprint density at radius 1 is 1.44 bits per heavy atom. The zero-order valence-electron chi connectivity index (χ0n) is 10.6. The van der Waals surface area contributed by atoms with Crippen LogP contribution in [0.3, 0.4) is 0 Å². The highest BCUT2D eigenvalue weighted by molar-refractivity contribution is 5.80. The molecule has 0 heterocycles. The average molecular weight is 266 g/mol. The van der Waals surface area contributed by atoms with Gasteiger partial charge in [-0.25, -0.2) is 0 Å². The Morgan fingerprint density at radius 3 is 2.61 bits per heavy atom. The lowest BCUT2D eigenvalue weighted by Crippen LogP contribution is -2.39. The molecule has 0 amide bonds. The summed E-state index contributed by atoms with van der Waals surface area (Å²) in [4.78, 5) is 0. The molecule has 3 atom stereocenters. The fourth-order valence-corrected chi connectivity index (χ4v) is 2.42. The van der Waals surface area contributed by atoms with Crippen molar-refractivity contribution < 1.29 is 17.9 Å². The van der Waals surface area contributed by atoms with Crippen LogP contribution in [0.4, 0.5) is 13.2 Å². The number of amidine groups is 1. The van der Waals surface area contributed by atoms with Crippen molar-refractivity contribution in [3.8, 4) is 0 Å². The van der Waals surface area contributed by atoms with Gasteiger partial charge >= 0.3 is 6.18 Å². The van der Waals surface area contributed by atoms with Gasteiger partial charge in [0.1, 0.15) is 11.8 Å². The quantitative estimate of drug-likeness (QED) is 0.593. The van der Waals surface area contributed by atoms with Crippen LogP contribution in [-0.2, 0) is 4.74 Å². The second-order valence-electron chi connectivity index (χ2n) is 5.22. The van der Waals surface area contributed by atoms with Crippen molar-refractivity contribution in [1.82, 2.24) is 0 Å². The van der Waals surface area contributed by atoms with Crippen molar-refractivity contribution in [2.24, 2.45) is 23.5 Å². The topological polar surface area (TPSA) is 59.1 Å². The largest absolute Gasteiger partial charge is 0.400 e. The fourth-order valence-electron chi connectivity index (χ4n) is 2.42. The third-order valence-corrected chi connectivity index (χ3v) is 3.45. The first-order valence-corrected chi connectivity index (χ1v) is 6.29. The van der Waals surface area contributed by atoms with E-state index in [1.54, 1.807) is 0 Å². The minimum atomic E-state index is -4.49. The first-order chi connectivity index (χ1) is 8.30. The Labute approximate surface area is 105 Å². The van der Waals surface area contributed by atoms with Crippen LogP contribution in [-0.4, -0.2) is 25.2 Å². The summed E-state index contributed by atoms with van der Waals surface area (Å²) in [5.41, 5.74) is 4.95. The number of rotatable bonds is 5. The Morgan fingerprint density at radius 2 is 2.11 bits per heavy atom. The SMILES string of the molecule is CC1CCCC(COCC(C(=N)N)C(F)(F)F)C1. The maximum Gasteiger partial charge on any atom is 0.400 e. The van der Waals surface area contributed by atoms with E-state index in [-0.39, 0.29) is 0 Å². The predicted octanol–water partition coefficient (Wildman–Crippen LogP) is 2.94. The lowest BCUT2D eigenvalue weighted by molar-refractivity contribution is -0.169. The molecule has 0 bridgehead atoms. The van der Waals surface area contributed by atoms with Gasteiger partial charge in [-0.15, -0.1) is 0 Å². The zero-order valence-corrected chi connectivity index (χ0v) is 10.6. The van der Waals surface area contributed by atoms with Crippen LogP contribution in [0, 0.1) is 23.2 Å². The summed E-state index contributed by atoms with van der Waals surface area (Å²) in [5.74, 6) is -1.88. The summed E-state index contributed by atoms with van der Waals surface area (Å²) < 4.78 is 42.6. The number of hydrogen-bond acceptors (Lipinski definition) is 2. The molecule has 1 aliphatic carbocycles. The van der Waals surface area contributed by atoms with E-state index in [1.807, 2.05) is 0 Å². The minimum absolute atomic E-state index is 0.338. The highest BCUT2D eigenvalue weighted by atomic mass is 19.4. The molecule has 3 N–H and O–H groups in total. The fraction of sp³-hybridized carbons (Fsp3) is 0.917. The number of hydrogen-bond donors (Lipinski definition) is 2. The van der Waals surface area contributed by atoms with Crippen LogP contribution < -0.4 is 5.73 Å². The summed E-state index contributed by atoms with van der Waals surface area (Å²) in [6, 6.07) is 0. The van der Waals surface area contributed by atoms with E-state index in [4.69, 9.17) is 15.9 Å². The van der Waals surface area contributed by atoms with Crippen LogP contribution in [0.1, 0.15) is 32.6 Å².